The Hall–Kier alpha value is 0.0283. The SMILES string of the molecule is [CH-]=CN=[N-].[W+2]. The van der Waals surface area contributed by atoms with Crippen molar-refractivity contribution in [1.29, 1.82) is 0 Å². The first-order valence-electron chi connectivity index (χ1n) is 0.792. The third kappa shape index (κ3) is 15.7. The molecular weight excluding hydrogens is 236 g/mol. The zero-order chi connectivity index (χ0) is 3.41. The molecule has 0 rings (SSSR count). The second kappa shape index (κ2) is 8.98. The van der Waals surface area contributed by atoms with Crippen molar-refractivity contribution >= 4 is 0 Å². The molecule has 0 radical (unpaired) electrons. The predicted octanol–water partition coefficient (Wildman–Crippen LogP) is 0.952. The topological polar surface area (TPSA) is 34.7 Å². The van der Waals surface area contributed by atoms with E-state index in [4.69, 9.17) is 5.53 Å². The molecule has 0 unspecified atom stereocenters. The smallest absolute Gasteiger partial charge is 0.710 e. The molecule has 0 saturated carbocycles. The Morgan fingerprint density at radius 2 is 2.00 bits per heavy atom. The van der Waals surface area contributed by atoms with Crippen molar-refractivity contribution in [1.82, 2.24) is 0 Å². The van der Waals surface area contributed by atoms with Gasteiger partial charge in [0.15, 0.2) is 0 Å². The van der Waals surface area contributed by atoms with E-state index in [0.29, 0.717) is 0 Å². The minimum atomic E-state index is 0. The normalized spacial score (nSPS) is 4.00. The van der Waals surface area contributed by atoms with Crippen LogP contribution in [0.5, 0.6) is 0 Å². The van der Waals surface area contributed by atoms with E-state index in [-0.39, 0.29) is 21.1 Å². The van der Waals surface area contributed by atoms with Crippen LogP contribution in [0, 0.1) is 6.58 Å². The van der Waals surface area contributed by atoms with Crippen LogP contribution in [0.3, 0.4) is 0 Å². The third-order valence-electron chi connectivity index (χ3n) is 0.0667. The Bertz CT molecular complexity index is 28.6. The quantitative estimate of drug-likeness (QED) is 0.481. The minimum absolute atomic E-state index is 0. The fourth-order valence-corrected chi connectivity index (χ4v) is 0. The summed E-state index contributed by atoms with van der Waals surface area (Å²) in [5, 5.41) is 2.39. The molecule has 3 heteroatoms. The molecule has 0 amide bonds. The number of nitrogens with zero attached hydrogens (tertiary/aromatic N) is 2. The Morgan fingerprint density at radius 1 is 1.80 bits per heavy atom. The zero-order valence-electron chi connectivity index (χ0n) is 2.46. The molecule has 0 N–H and O–H groups in total. The summed E-state index contributed by atoms with van der Waals surface area (Å²) in [4.78, 5) is 0. The van der Waals surface area contributed by atoms with Crippen molar-refractivity contribution < 1.29 is 21.1 Å². The van der Waals surface area contributed by atoms with Gasteiger partial charge in [0.2, 0.25) is 0 Å². The molecule has 0 spiro atoms. The summed E-state index contributed by atoms with van der Waals surface area (Å²) in [5.74, 6) is 0. The van der Waals surface area contributed by atoms with Crippen LogP contribution in [0.25, 0.3) is 5.53 Å². The molecule has 0 bridgehead atoms. The van der Waals surface area contributed by atoms with Gasteiger partial charge in [-0.1, -0.05) is 0 Å². The van der Waals surface area contributed by atoms with Gasteiger partial charge in [0.1, 0.15) is 0 Å². The molecule has 0 atom stereocenters. The molecular formula is C2H2N2W. The Kier molecular flexibility index (Phi) is 16.0. The van der Waals surface area contributed by atoms with Crippen LogP contribution >= 0.6 is 0 Å². The molecule has 0 aromatic rings. The molecule has 0 aliphatic rings. The van der Waals surface area contributed by atoms with Crippen LogP contribution in [0.1, 0.15) is 0 Å². The maximum absolute atomic E-state index is 7.32. The number of hydrogen-bond acceptors (Lipinski definition) is 1. The Labute approximate surface area is 45.0 Å². The summed E-state index contributed by atoms with van der Waals surface area (Å²) >= 11 is 0. The average Bonchev–Trinajstić information content (AvgIpc) is 1.37. The molecule has 0 aromatic carbocycles. The molecule has 0 saturated heterocycles. The number of hydrogen-bond donors (Lipinski definition) is 0. The summed E-state index contributed by atoms with van der Waals surface area (Å²) in [5.41, 5.74) is 7.32. The first-order valence-corrected chi connectivity index (χ1v) is 0.792. The zero-order valence-corrected chi connectivity index (χ0v) is 5.39. The van der Waals surface area contributed by atoms with Crippen LogP contribution in [0.2, 0.25) is 0 Å². The van der Waals surface area contributed by atoms with Crippen LogP contribution in [0.4, 0.5) is 0 Å². The predicted molar refractivity (Wildman–Crippen MR) is 14.7 cm³/mol. The van der Waals surface area contributed by atoms with Crippen LogP contribution < -0.4 is 0 Å². The van der Waals surface area contributed by atoms with Gasteiger partial charge < -0.3 is 17.2 Å². The maximum Gasteiger partial charge on any atom is 2.00 e. The van der Waals surface area contributed by atoms with Gasteiger partial charge in [0.05, 0.1) is 0 Å². The Morgan fingerprint density at radius 3 is 2.00 bits per heavy atom. The molecule has 0 aliphatic carbocycles. The summed E-state index contributed by atoms with van der Waals surface area (Å²) in [6.07, 6.45) is 0.806. The monoisotopic (exact) mass is 238 g/mol. The van der Waals surface area contributed by atoms with Gasteiger partial charge in [-0.15, -0.1) is 0 Å². The first kappa shape index (κ1) is 8.90. The van der Waals surface area contributed by atoms with Gasteiger partial charge >= 0.3 is 21.1 Å². The van der Waals surface area contributed by atoms with Crippen molar-refractivity contribution in [3.8, 4) is 0 Å². The van der Waals surface area contributed by atoms with E-state index in [9.17, 15) is 0 Å². The van der Waals surface area contributed by atoms with Crippen molar-refractivity contribution in [3.05, 3.63) is 18.3 Å². The summed E-state index contributed by atoms with van der Waals surface area (Å²) in [6.45, 7) is 4.49. The molecule has 2 nitrogen and oxygen atoms in total. The van der Waals surface area contributed by atoms with E-state index in [0.717, 1.165) is 6.20 Å². The molecule has 0 aliphatic heterocycles. The summed E-state index contributed by atoms with van der Waals surface area (Å²) in [7, 11) is 0. The molecule has 0 fully saturated rings. The third-order valence-corrected chi connectivity index (χ3v) is 0.0667. The van der Waals surface area contributed by atoms with E-state index in [1.807, 2.05) is 0 Å². The maximum atomic E-state index is 7.32. The van der Waals surface area contributed by atoms with Crippen LogP contribution in [-0.4, -0.2) is 0 Å². The van der Waals surface area contributed by atoms with Crippen molar-refractivity contribution in [2.24, 2.45) is 5.11 Å². The fraction of sp³-hybridized carbons (Fsp3) is 0. The van der Waals surface area contributed by atoms with E-state index in [1.165, 1.54) is 0 Å². The Balaban J connectivity index is 0. The average molecular weight is 238 g/mol. The van der Waals surface area contributed by atoms with E-state index in [2.05, 4.69) is 11.7 Å². The summed E-state index contributed by atoms with van der Waals surface area (Å²) < 4.78 is 0. The first-order chi connectivity index (χ1) is 1.91. The second-order valence-electron chi connectivity index (χ2n) is 0.265. The van der Waals surface area contributed by atoms with E-state index in [1.54, 1.807) is 0 Å². The van der Waals surface area contributed by atoms with Crippen molar-refractivity contribution in [2.45, 2.75) is 0 Å². The summed E-state index contributed by atoms with van der Waals surface area (Å²) in [6, 6.07) is 0. The largest absolute Gasteiger partial charge is 2.00 e. The standard InChI is InChI=1S/C2H2N2.W/c1-2-4-3;/h1-2H;/q-2;+2. The van der Waals surface area contributed by atoms with Crippen molar-refractivity contribution in [3.63, 3.8) is 0 Å². The molecule has 0 heterocycles. The fourth-order valence-electron chi connectivity index (χ4n) is 0. The van der Waals surface area contributed by atoms with Gasteiger partial charge in [-0.2, -0.15) is 6.20 Å². The van der Waals surface area contributed by atoms with Crippen LogP contribution in [-0.2, 0) is 21.1 Å². The van der Waals surface area contributed by atoms with Gasteiger partial charge in [0.25, 0.3) is 0 Å². The minimum Gasteiger partial charge on any atom is -0.710 e. The second-order valence-corrected chi connectivity index (χ2v) is 0.265. The molecule has 0 aromatic heterocycles. The molecule has 5 heavy (non-hydrogen) atoms. The van der Waals surface area contributed by atoms with Gasteiger partial charge in [-0.25, -0.2) is 0 Å². The van der Waals surface area contributed by atoms with Gasteiger partial charge in [0, 0.05) is 0 Å². The van der Waals surface area contributed by atoms with Gasteiger partial charge in [-0.3, -0.25) is 0 Å². The number of rotatable bonds is 1. The van der Waals surface area contributed by atoms with E-state index < -0.39 is 0 Å². The van der Waals surface area contributed by atoms with Crippen LogP contribution in [0.15, 0.2) is 11.3 Å². The molecule has 26 valence electrons. The van der Waals surface area contributed by atoms with E-state index >= 15 is 0 Å². The van der Waals surface area contributed by atoms with Gasteiger partial charge in [-0.05, 0) is 0 Å². The van der Waals surface area contributed by atoms with Crippen molar-refractivity contribution in [2.75, 3.05) is 0 Å².